The second-order valence-corrected chi connectivity index (χ2v) is 8.85. The molecule has 1 heterocycles. The Hall–Kier alpha value is -3.31. The summed E-state index contributed by atoms with van der Waals surface area (Å²) < 4.78 is 12.1. The number of halogens is 2. The second-order valence-electron chi connectivity index (χ2n) is 7.50. The Morgan fingerprint density at radius 1 is 1.34 bits per heavy atom. The number of rotatable bonds is 9. The standard InChI is InChI=1S/C23H22BrClN4O6/c1-4-13(3)22-27-18-7-6-15(24)9-17(18)23(31)28(22)26-11-14-8-16(25)10-19(29(32)33)21(14)35-12-20(30)34-5-2/h6-11,13H,4-5,12H2,1-3H3/t13-/m1/s1. The number of ether oxygens (including phenoxy) is 2. The van der Waals surface area contributed by atoms with E-state index >= 15 is 0 Å². The van der Waals surface area contributed by atoms with Gasteiger partial charge in [-0.05, 0) is 37.6 Å². The van der Waals surface area contributed by atoms with E-state index in [0.717, 1.165) is 10.7 Å². The molecule has 12 heteroatoms. The van der Waals surface area contributed by atoms with Crippen LogP contribution in [0, 0.1) is 10.1 Å². The van der Waals surface area contributed by atoms with E-state index in [1.165, 1.54) is 12.3 Å². The normalized spacial score (nSPS) is 12.1. The average molecular weight is 566 g/mol. The number of carbonyl (C=O) groups is 1. The Kier molecular flexibility index (Phi) is 8.57. The highest BCUT2D eigenvalue weighted by Crippen LogP contribution is 2.34. The summed E-state index contributed by atoms with van der Waals surface area (Å²) in [4.78, 5) is 40.7. The van der Waals surface area contributed by atoms with Crippen molar-refractivity contribution in [1.82, 2.24) is 9.66 Å². The van der Waals surface area contributed by atoms with Crippen LogP contribution in [-0.2, 0) is 9.53 Å². The molecule has 10 nitrogen and oxygen atoms in total. The fourth-order valence-corrected chi connectivity index (χ4v) is 3.80. The van der Waals surface area contributed by atoms with Gasteiger partial charge >= 0.3 is 11.7 Å². The SMILES string of the molecule is CCOC(=O)COc1c(C=Nn2c([C@H](C)CC)nc3ccc(Br)cc3c2=O)cc(Cl)cc1[N+](=O)[O-]. The Labute approximate surface area is 213 Å². The van der Waals surface area contributed by atoms with Crippen molar-refractivity contribution in [2.24, 2.45) is 5.10 Å². The summed E-state index contributed by atoms with van der Waals surface area (Å²) in [6.45, 7) is 5.07. The molecular weight excluding hydrogens is 544 g/mol. The molecule has 0 bridgehead atoms. The number of esters is 1. The van der Waals surface area contributed by atoms with Crippen LogP contribution in [0.15, 0.2) is 44.7 Å². The highest BCUT2D eigenvalue weighted by molar-refractivity contribution is 9.10. The van der Waals surface area contributed by atoms with Gasteiger partial charge in [-0.15, -0.1) is 0 Å². The molecule has 184 valence electrons. The molecule has 0 aliphatic rings. The van der Waals surface area contributed by atoms with E-state index in [2.05, 4.69) is 26.0 Å². The lowest BCUT2D eigenvalue weighted by Gasteiger charge is -2.14. The monoisotopic (exact) mass is 564 g/mol. The van der Waals surface area contributed by atoms with Crippen molar-refractivity contribution < 1.29 is 19.2 Å². The predicted molar refractivity (Wildman–Crippen MR) is 136 cm³/mol. The molecule has 0 radical (unpaired) electrons. The van der Waals surface area contributed by atoms with Crippen molar-refractivity contribution in [1.29, 1.82) is 0 Å². The van der Waals surface area contributed by atoms with Crippen LogP contribution in [-0.4, -0.2) is 40.0 Å². The fraction of sp³-hybridized carbons (Fsp3) is 0.304. The average Bonchev–Trinajstić information content (AvgIpc) is 2.82. The number of carbonyl (C=O) groups excluding carboxylic acids is 1. The van der Waals surface area contributed by atoms with Crippen molar-refractivity contribution in [3.8, 4) is 5.75 Å². The highest BCUT2D eigenvalue weighted by atomic mass is 79.9. The second kappa shape index (κ2) is 11.4. The Morgan fingerprint density at radius 2 is 2.09 bits per heavy atom. The smallest absolute Gasteiger partial charge is 0.344 e. The van der Waals surface area contributed by atoms with Crippen LogP contribution < -0.4 is 10.3 Å². The van der Waals surface area contributed by atoms with Gasteiger partial charge in [0.2, 0.25) is 5.75 Å². The molecule has 0 unspecified atom stereocenters. The minimum absolute atomic E-state index is 0.0525. The van der Waals surface area contributed by atoms with Crippen LogP contribution in [0.3, 0.4) is 0 Å². The number of nitrogens with zero attached hydrogens (tertiary/aromatic N) is 4. The topological polar surface area (TPSA) is 126 Å². The van der Waals surface area contributed by atoms with Crippen LogP contribution in [0.4, 0.5) is 5.69 Å². The Balaban J connectivity index is 2.17. The highest BCUT2D eigenvalue weighted by Gasteiger charge is 2.22. The van der Waals surface area contributed by atoms with Crippen LogP contribution >= 0.6 is 27.5 Å². The molecule has 1 aromatic heterocycles. The van der Waals surface area contributed by atoms with Gasteiger partial charge in [-0.3, -0.25) is 14.9 Å². The molecule has 35 heavy (non-hydrogen) atoms. The van der Waals surface area contributed by atoms with Gasteiger partial charge in [-0.1, -0.05) is 41.4 Å². The molecule has 0 amide bonds. The third-order valence-corrected chi connectivity index (χ3v) is 5.81. The van der Waals surface area contributed by atoms with Gasteiger partial charge in [0.1, 0.15) is 5.82 Å². The summed E-state index contributed by atoms with van der Waals surface area (Å²) in [7, 11) is 0. The first-order valence-corrected chi connectivity index (χ1v) is 11.9. The lowest BCUT2D eigenvalue weighted by Crippen LogP contribution is -2.24. The maximum Gasteiger partial charge on any atom is 0.344 e. The zero-order chi connectivity index (χ0) is 25.7. The fourth-order valence-electron chi connectivity index (χ4n) is 3.22. The zero-order valence-electron chi connectivity index (χ0n) is 19.2. The molecule has 1 atom stereocenters. The number of hydrogen-bond donors (Lipinski definition) is 0. The predicted octanol–water partition coefficient (Wildman–Crippen LogP) is 5.06. The van der Waals surface area contributed by atoms with Gasteiger partial charge in [-0.2, -0.15) is 9.78 Å². The Bertz CT molecular complexity index is 1370. The molecule has 0 fully saturated rings. The molecule has 0 spiro atoms. The number of nitro groups is 1. The van der Waals surface area contributed by atoms with Crippen LogP contribution in [0.5, 0.6) is 5.75 Å². The van der Waals surface area contributed by atoms with Crippen molar-refractivity contribution >= 4 is 56.3 Å². The molecule has 0 aliphatic heterocycles. The summed E-state index contributed by atoms with van der Waals surface area (Å²) >= 11 is 9.45. The van der Waals surface area contributed by atoms with Crippen molar-refractivity contribution in [3.05, 3.63) is 71.7 Å². The molecule has 0 saturated heterocycles. The molecule has 0 aliphatic carbocycles. The third kappa shape index (κ3) is 6.04. The van der Waals surface area contributed by atoms with Crippen LogP contribution in [0.25, 0.3) is 10.9 Å². The van der Waals surface area contributed by atoms with E-state index in [9.17, 15) is 19.7 Å². The molecule has 2 aromatic carbocycles. The van der Waals surface area contributed by atoms with Crippen molar-refractivity contribution in [3.63, 3.8) is 0 Å². The first-order chi connectivity index (χ1) is 16.7. The first kappa shape index (κ1) is 26.3. The van der Waals surface area contributed by atoms with Gasteiger partial charge in [0.15, 0.2) is 6.61 Å². The summed E-state index contributed by atoms with van der Waals surface area (Å²) in [5.74, 6) is -0.611. The third-order valence-electron chi connectivity index (χ3n) is 5.10. The van der Waals surface area contributed by atoms with E-state index < -0.39 is 28.7 Å². The lowest BCUT2D eigenvalue weighted by atomic mass is 10.1. The van der Waals surface area contributed by atoms with Gasteiger partial charge in [0, 0.05) is 27.0 Å². The molecule has 3 aromatic rings. The summed E-state index contributed by atoms with van der Waals surface area (Å²) in [6, 6.07) is 7.67. The van der Waals surface area contributed by atoms with Crippen LogP contribution in [0.2, 0.25) is 5.02 Å². The van der Waals surface area contributed by atoms with Crippen molar-refractivity contribution in [2.75, 3.05) is 13.2 Å². The Morgan fingerprint density at radius 3 is 2.74 bits per heavy atom. The van der Waals surface area contributed by atoms with E-state index in [0.29, 0.717) is 27.6 Å². The number of fused-ring (bicyclic) bond motifs is 1. The van der Waals surface area contributed by atoms with E-state index in [1.54, 1.807) is 25.1 Å². The number of benzene rings is 2. The minimum atomic E-state index is -0.695. The van der Waals surface area contributed by atoms with Gasteiger partial charge < -0.3 is 9.47 Å². The van der Waals surface area contributed by atoms with Gasteiger partial charge in [0.05, 0.1) is 28.6 Å². The molecule has 3 rings (SSSR count). The first-order valence-electron chi connectivity index (χ1n) is 10.7. The molecule has 0 saturated carbocycles. The molecular formula is C23H22BrClN4O6. The summed E-state index contributed by atoms with van der Waals surface area (Å²) in [6.07, 6.45) is 1.92. The lowest BCUT2D eigenvalue weighted by molar-refractivity contribution is -0.385. The largest absolute Gasteiger partial charge is 0.474 e. The van der Waals surface area contributed by atoms with E-state index in [1.807, 2.05) is 13.8 Å². The summed E-state index contributed by atoms with van der Waals surface area (Å²) in [5.41, 5.74) is -0.242. The quantitative estimate of drug-likeness (QED) is 0.154. The number of nitro benzene ring substituents is 1. The maximum atomic E-state index is 13.3. The van der Waals surface area contributed by atoms with Gasteiger partial charge in [0.25, 0.3) is 5.56 Å². The number of aromatic nitrogens is 2. The van der Waals surface area contributed by atoms with E-state index in [4.69, 9.17) is 21.1 Å². The van der Waals surface area contributed by atoms with Gasteiger partial charge in [-0.25, -0.2) is 9.78 Å². The molecule has 0 N–H and O–H groups in total. The van der Waals surface area contributed by atoms with E-state index in [-0.39, 0.29) is 28.9 Å². The van der Waals surface area contributed by atoms with Crippen molar-refractivity contribution in [2.45, 2.75) is 33.1 Å². The minimum Gasteiger partial charge on any atom is -0.474 e. The summed E-state index contributed by atoms with van der Waals surface area (Å²) in [5, 5.41) is 16.3. The number of hydrogen-bond acceptors (Lipinski definition) is 8. The zero-order valence-corrected chi connectivity index (χ0v) is 21.5. The van der Waals surface area contributed by atoms with Crippen LogP contribution in [0.1, 0.15) is 44.5 Å². The maximum absolute atomic E-state index is 13.3.